The van der Waals surface area contributed by atoms with Crippen molar-refractivity contribution in [2.24, 2.45) is 0 Å². The van der Waals surface area contributed by atoms with E-state index in [1.807, 2.05) is 54.4 Å². The minimum Gasteiger partial charge on any atom is -0.497 e. The quantitative estimate of drug-likeness (QED) is 0.798. The van der Waals surface area contributed by atoms with E-state index in [1.165, 1.54) is 0 Å². The Morgan fingerprint density at radius 1 is 1.09 bits per heavy atom. The molecule has 1 N–H and O–H groups in total. The number of carboxylic acid groups (broad SMARTS) is 1. The number of hydrogen-bond donors (Lipinski definition) is 1. The molecule has 0 saturated carbocycles. The molecule has 6 nitrogen and oxygen atoms in total. The van der Waals surface area contributed by atoms with Crippen LogP contribution in [-0.2, 0) is 0 Å². The molecule has 0 saturated heterocycles. The van der Waals surface area contributed by atoms with Crippen molar-refractivity contribution in [2.45, 2.75) is 0 Å². The van der Waals surface area contributed by atoms with E-state index in [9.17, 15) is 9.90 Å². The highest BCUT2D eigenvalue weighted by molar-refractivity contribution is 5.95. The molecule has 0 aliphatic heterocycles. The fourth-order valence-corrected chi connectivity index (χ4v) is 2.34. The van der Waals surface area contributed by atoms with Gasteiger partial charge in [-0.25, -0.2) is 14.8 Å². The molecule has 0 radical (unpaired) electrons. The number of aromatic nitrogens is 2. The zero-order chi connectivity index (χ0) is 16.4. The smallest absolute Gasteiger partial charge is 0.374 e. The zero-order valence-electron chi connectivity index (χ0n) is 12.7. The van der Waals surface area contributed by atoms with Crippen LogP contribution in [0.15, 0.2) is 48.5 Å². The molecule has 0 fully saturated rings. The number of hydrogen-bond acceptors (Lipinski definition) is 5. The average Bonchev–Trinajstić information content (AvgIpc) is 2.60. The van der Waals surface area contributed by atoms with Gasteiger partial charge in [0.15, 0.2) is 0 Å². The van der Waals surface area contributed by atoms with E-state index in [0.717, 1.165) is 16.8 Å². The van der Waals surface area contributed by atoms with E-state index in [2.05, 4.69) is 9.97 Å². The van der Waals surface area contributed by atoms with Gasteiger partial charge in [-0.2, -0.15) is 0 Å². The number of carbonyl (C=O) groups is 1. The van der Waals surface area contributed by atoms with Gasteiger partial charge in [-0.15, -0.1) is 0 Å². The SMILES string of the molecule is COc1ccc(N(C)c2nc(C(=O)O)nc3ccccc23)cc1. The first-order valence-electron chi connectivity index (χ1n) is 6.98. The second-order valence-electron chi connectivity index (χ2n) is 4.95. The van der Waals surface area contributed by atoms with Gasteiger partial charge in [0, 0.05) is 18.1 Å². The summed E-state index contributed by atoms with van der Waals surface area (Å²) in [5, 5.41) is 10.0. The van der Waals surface area contributed by atoms with Gasteiger partial charge in [-0.1, -0.05) is 12.1 Å². The fraction of sp³-hybridized carbons (Fsp3) is 0.118. The molecule has 0 atom stereocenters. The zero-order valence-corrected chi connectivity index (χ0v) is 12.7. The summed E-state index contributed by atoms with van der Waals surface area (Å²) in [5.41, 5.74) is 1.46. The largest absolute Gasteiger partial charge is 0.497 e. The van der Waals surface area contributed by atoms with E-state index in [0.29, 0.717) is 11.3 Å². The monoisotopic (exact) mass is 309 g/mol. The Morgan fingerprint density at radius 3 is 2.43 bits per heavy atom. The van der Waals surface area contributed by atoms with Crippen molar-refractivity contribution in [3.05, 3.63) is 54.4 Å². The summed E-state index contributed by atoms with van der Waals surface area (Å²) in [7, 11) is 3.44. The van der Waals surface area contributed by atoms with Crippen molar-refractivity contribution in [1.82, 2.24) is 9.97 Å². The summed E-state index contributed by atoms with van der Waals surface area (Å²) in [4.78, 5) is 21.4. The third-order valence-electron chi connectivity index (χ3n) is 3.55. The van der Waals surface area contributed by atoms with Gasteiger partial charge in [0.2, 0.25) is 5.82 Å². The Labute approximate surface area is 133 Å². The highest BCUT2D eigenvalue weighted by Gasteiger charge is 2.16. The van der Waals surface area contributed by atoms with Crippen LogP contribution in [0.2, 0.25) is 0 Å². The Hall–Kier alpha value is -3.15. The molecule has 3 rings (SSSR count). The van der Waals surface area contributed by atoms with Gasteiger partial charge < -0.3 is 14.7 Å². The van der Waals surface area contributed by atoms with Crippen LogP contribution in [0.25, 0.3) is 10.9 Å². The lowest BCUT2D eigenvalue weighted by Crippen LogP contribution is -2.15. The molecule has 0 amide bonds. The van der Waals surface area contributed by atoms with Gasteiger partial charge in [0.05, 0.1) is 12.6 Å². The predicted molar refractivity (Wildman–Crippen MR) is 87.6 cm³/mol. The molecule has 2 aromatic carbocycles. The minimum atomic E-state index is -1.15. The first-order valence-corrected chi connectivity index (χ1v) is 6.98. The Bertz CT molecular complexity index is 863. The van der Waals surface area contributed by atoms with Crippen molar-refractivity contribution in [2.75, 3.05) is 19.1 Å². The van der Waals surface area contributed by atoms with E-state index in [4.69, 9.17) is 4.74 Å². The maximum atomic E-state index is 11.3. The molecule has 1 aromatic heterocycles. The maximum absolute atomic E-state index is 11.3. The molecule has 0 aliphatic carbocycles. The fourth-order valence-electron chi connectivity index (χ4n) is 2.34. The summed E-state index contributed by atoms with van der Waals surface area (Å²) in [6, 6.07) is 14.8. The average molecular weight is 309 g/mol. The number of para-hydroxylation sites is 1. The van der Waals surface area contributed by atoms with Crippen molar-refractivity contribution in [3.8, 4) is 5.75 Å². The number of nitrogens with zero attached hydrogens (tertiary/aromatic N) is 3. The number of carboxylic acids is 1. The van der Waals surface area contributed by atoms with Gasteiger partial charge in [0.1, 0.15) is 11.6 Å². The summed E-state index contributed by atoms with van der Waals surface area (Å²) < 4.78 is 5.15. The topological polar surface area (TPSA) is 75.5 Å². The van der Waals surface area contributed by atoms with Crippen LogP contribution in [0.3, 0.4) is 0 Å². The van der Waals surface area contributed by atoms with Crippen molar-refractivity contribution in [1.29, 1.82) is 0 Å². The van der Waals surface area contributed by atoms with E-state index in [1.54, 1.807) is 13.2 Å². The molecule has 0 aliphatic rings. The summed E-state index contributed by atoms with van der Waals surface area (Å²) in [5.74, 6) is -0.0849. The highest BCUT2D eigenvalue weighted by atomic mass is 16.5. The number of benzene rings is 2. The normalized spacial score (nSPS) is 10.5. The van der Waals surface area contributed by atoms with Gasteiger partial charge >= 0.3 is 5.97 Å². The van der Waals surface area contributed by atoms with Crippen LogP contribution >= 0.6 is 0 Å². The minimum absolute atomic E-state index is 0.223. The number of ether oxygens (including phenoxy) is 1. The first-order chi connectivity index (χ1) is 11.1. The molecule has 0 unspecified atom stereocenters. The molecule has 0 spiro atoms. The number of aromatic carboxylic acids is 1. The van der Waals surface area contributed by atoms with Crippen LogP contribution in [0.1, 0.15) is 10.6 Å². The standard InChI is InChI=1S/C17H15N3O3/c1-20(11-7-9-12(23-2)10-8-11)16-13-5-3-4-6-14(13)18-15(19-16)17(21)22/h3-10H,1-2H3,(H,21,22). The molecule has 0 bridgehead atoms. The molecule has 6 heteroatoms. The second kappa shape index (κ2) is 5.92. The Balaban J connectivity index is 2.14. The van der Waals surface area contributed by atoms with E-state index >= 15 is 0 Å². The number of anilines is 2. The molecule has 23 heavy (non-hydrogen) atoms. The van der Waals surface area contributed by atoms with Gasteiger partial charge in [-0.05, 0) is 36.4 Å². The molecular weight excluding hydrogens is 294 g/mol. The van der Waals surface area contributed by atoms with Crippen LogP contribution < -0.4 is 9.64 Å². The van der Waals surface area contributed by atoms with Crippen LogP contribution in [0, 0.1) is 0 Å². The molecule has 1 heterocycles. The summed E-state index contributed by atoms with van der Waals surface area (Å²) >= 11 is 0. The van der Waals surface area contributed by atoms with E-state index in [-0.39, 0.29) is 5.82 Å². The second-order valence-corrected chi connectivity index (χ2v) is 4.95. The number of rotatable bonds is 4. The Kier molecular flexibility index (Phi) is 3.80. The first kappa shape index (κ1) is 14.8. The van der Waals surface area contributed by atoms with Crippen molar-refractivity contribution >= 4 is 28.4 Å². The lowest BCUT2D eigenvalue weighted by Gasteiger charge is -2.20. The lowest BCUT2D eigenvalue weighted by molar-refractivity contribution is 0.0684. The predicted octanol–water partition coefficient (Wildman–Crippen LogP) is 3.10. The molecule has 116 valence electrons. The highest BCUT2D eigenvalue weighted by Crippen LogP contribution is 2.29. The number of methoxy groups -OCH3 is 1. The van der Waals surface area contributed by atoms with Gasteiger partial charge in [-0.3, -0.25) is 0 Å². The molecular formula is C17H15N3O3. The number of fused-ring (bicyclic) bond motifs is 1. The van der Waals surface area contributed by atoms with Crippen LogP contribution in [-0.4, -0.2) is 35.2 Å². The van der Waals surface area contributed by atoms with E-state index < -0.39 is 5.97 Å². The lowest BCUT2D eigenvalue weighted by atomic mass is 10.2. The summed E-state index contributed by atoms with van der Waals surface area (Å²) in [6.07, 6.45) is 0. The maximum Gasteiger partial charge on any atom is 0.374 e. The summed E-state index contributed by atoms with van der Waals surface area (Å²) in [6.45, 7) is 0. The van der Waals surface area contributed by atoms with Crippen LogP contribution in [0.5, 0.6) is 5.75 Å². The molecule has 3 aromatic rings. The third-order valence-corrected chi connectivity index (χ3v) is 3.55. The van der Waals surface area contributed by atoms with Crippen molar-refractivity contribution in [3.63, 3.8) is 0 Å². The van der Waals surface area contributed by atoms with Gasteiger partial charge in [0.25, 0.3) is 0 Å². The third kappa shape index (κ3) is 2.78. The Morgan fingerprint density at radius 2 is 1.78 bits per heavy atom. The van der Waals surface area contributed by atoms with Crippen LogP contribution in [0.4, 0.5) is 11.5 Å². The van der Waals surface area contributed by atoms with Crippen molar-refractivity contribution < 1.29 is 14.6 Å².